The monoisotopic (exact) mass is 427 g/mol. The van der Waals surface area contributed by atoms with E-state index in [9.17, 15) is 29.2 Å². The van der Waals surface area contributed by atoms with Gasteiger partial charge in [-0.25, -0.2) is 4.39 Å². The van der Waals surface area contributed by atoms with Crippen molar-refractivity contribution < 1.29 is 24.0 Å². The number of Topliss-reactive ketones (excluding diaryl/α,β-unsaturated/α-hetero) is 1. The van der Waals surface area contributed by atoms with E-state index in [-0.39, 0.29) is 23.4 Å². The van der Waals surface area contributed by atoms with Crippen molar-refractivity contribution in [1.29, 1.82) is 0 Å². The Kier molecular flexibility index (Phi) is 6.45. The van der Waals surface area contributed by atoms with Crippen molar-refractivity contribution in [1.82, 2.24) is 9.80 Å². The molecular weight excluding hydrogens is 405 g/mol. The van der Waals surface area contributed by atoms with E-state index in [2.05, 4.69) is 0 Å². The molecule has 8 nitrogen and oxygen atoms in total. The first-order valence-electron chi connectivity index (χ1n) is 9.64. The van der Waals surface area contributed by atoms with Crippen molar-refractivity contribution >= 4 is 23.1 Å². The molecule has 0 radical (unpaired) electrons. The standard InChI is InChI=1S/C22H22FN3O5/c1-24(2)12-3-13-25-19(14-6-10-17(11-7-14)26(30)31)18(21(28)22(25)29)20(27)15-4-8-16(23)9-5-15/h4-11,19,27H,3,12-13H2,1-2H3/b20-18+/t19-/m0/s1. The van der Waals surface area contributed by atoms with Gasteiger partial charge in [-0.15, -0.1) is 0 Å². The van der Waals surface area contributed by atoms with Gasteiger partial charge in [0.15, 0.2) is 0 Å². The van der Waals surface area contributed by atoms with Crippen LogP contribution < -0.4 is 0 Å². The van der Waals surface area contributed by atoms with Crippen molar-refractivity contribution in [3.8, 4) is 0 Å². The second-order valence-corrected chi connectivity index (χ2v) is 7.50. The van der Waals surface area contributed by atoms with E-state index in [4.69, 9.17) is 0 Å². The lowest BCUT2D eigenvalue weighted by molar-refractivity contribution is -0.384. The van der Waals surface area contributed by atoms with Crippen LogP contribution in [0.25, 0.3) is 5.76 Å². The van der Waals surface area contributed by atoms with Gasteiger partial charge in [-0.05, 0) is 69.0 Å². The summed E-state index contributed by atoms with van der Waals surface area (Å²) in [4.78, 5) is 39.4. The maximum atomic E-state index is 13.3. The summed E-state index contributed by atoms with van der Waals surface area (Å²) >= 11 is 0. The summed E-state index contributed by atoms with van der Waals surface area (Å²) in [6.07, 6.45) is 0.583. The molecule has 2 aromatic carbocycles. The number of carbonyl (C=O) groups excluding carboxylic acids is 2. The number of hydrogen-bond donors (Lipinski definition) is 1. The predicted molar refractivity (Wildman–Crippen MR) is 112 cm³/mol. The molecule has 0 saturated carbocycles. The highest BCUT2D eigenvalue weighted by Gasteiger charge is 2.45. The minimum Gasteiger partial charge on any atom is -0.507 e. The zero-order valence-electron chi connectivity index (χ0n) is 17.1. The highest BCUT2D eigenvalue weighted by atomic mass is 19.1. The lowest BCUT2D eigenvalue weighted by Crippen LogP contribution is -2.32. The molecule has 3 rings (SSSR count). The molecule has 9 heteroatoms. The zero-order valence-corrected chi connectivity index (χ0v) is 17.1. The first kappa shape index (κ1) is 22.1. The Hall–Kier alpha value is -3.59. The summed E-state index contributed by atoms with van der Waals surface area (Å²) in [5.41, 5.74) is 0.389. The fourth-order valence-electron chi connectivity index (χ4n) is 3.56. The third-order valence-electron chi connectivity index (χ3n) is 5.08. The largest absolute Gasteiger partial charge is 0.507 e. The normalized spacial score (nSPS) is 18.1. The first-order chi connectivity index (χ1) is 14.7. The minimum atomic E-state index is -0.909. The number of carbonyl (C=O) groups is 2. The molecule has 0 spiro atoms. The third-order valence-corrected chi connectivity index (χ3v) is 5.08. The lowest BCUT2D eigenvalue weighted by atomic mass is 9.95. The minimum absolute atomic E-state index is 0.129. The zero-order chi connectivity index (χ0) is 22.7. The third kappa shape index (κ3) is 4.61. The van der Waals surface area contributed by atoms with E-state index in [1.165, 1.54) is 41.3 Å². The predicted octanol–water partition coefficient (Wildman–Crippen LogP) is 3.11. The van der Waals surface area contributed by atoms with Crippen LogP contribution in [0.5, 0.6) is 0 Å². The van der Waals surface area contributed by atoms with Crippen molar-refractivity contribution in [3.05, 3.63) is 81.2 Å². The van der Waals surface area contributed by atoms with Crippen molar-refractivity contribution in [3.63, 3.8) is 0 Å². The quantitative estimate of drug-likeness (QED) is 0.239. The van der Waals surface area contributed by atoms with Gasteiger partial charge in [0, 0.05) is 24.2 Å². The molecule has 31 heavy (non-hydrogen) atoms. The van der Waals surface area contributed by atoms with Crippen LogP contribution >= 0.6 is 0 Å². The van der Waals surface area contributed by atoms with Crippen molar-refractivity contribution in [2.75, 3.05) is 27.2 Å². The number of hydrogen-bond acceptors (Lipinski definition) is 6. The Bertz CT molecular complexity index is 1030. The molecule has 2 aromatic rings. The van der Waals surface area contributed by atoms with Crippen molar-refractivity contribution in [2.45, 2.75) is 12.5 Å². The average molecular weight is 427 g/mol. The highest BCUT2D eigenvalue weighted by Crippen LogP contribution is 2.39. The topological polar surface area (TPSA) is 104 Å². The Balaban J connectivity index is 2.09. The van der Waals surface area contributed by atoms with Crippen LogP contribution in [0.4, 0.5) is 10.1 Å². The fourth-order valence-corrected chi connectivity index (χ4v) is 3.56. The molecular formula is C22H22FN3O5. The van der Waals surface area contributed by atoms with Gasteiger partial charge < -0.3 is 14.9 Å². The van der Waals surface area contributed by atoms with Crippen LogP contribution in [0.2, 0.25) is 0 Å². The fraction of sp³-hybridized carbons (Fsp3) is 0.273. The van der Waals surface area contributed by atoms with Crippen molar-refractivity contribution in [2.24, 2.45) is 0 Å². The Morgan fingerprint density at radius 1 is 1.13 bits per heavy atom. The first-order valence-corrected chi connectivity index (χ1v) is 9.64. The average Bonchev–Trinajstić information content (AvgIpc) is 2.98. The molecule has 1 fully saturated rings. The van der Waals surface area contributed by atoms with E-state index in [1.54, 1.807) is 0 Å². The summed E-state index contributed by atoms with van der Waals surface area (Å²) in [6.45, 7) is 0.929. The number of nitrogens with zero attached hydrogens (tertiary/aromatic N) is 3. The van der Waals surface area contributed by atoms with Crippen LogP contribution in [0.3, 0.4) is 0 Å². The molecule has 1 N–H and O–H groups in total. The summed E-state index contributed by atoms with van der Waals surface area (Å²) in [7, 11) is 3.77. The lowest BCUT2D eigenvalue weighted by Gasteiger charge is -2.25. The molecule has 1 aliphatic rings. The van der Waals surface area contributed by atoms with E-state index in [1.807, 2.05) is 19.0 Å². The van der Waals surface area contributed by atoms with Crippen LogP contribution in [-0.4, -0.2) is 58.7 Å². The van der Waals surface area contributed by atoms with Crippen LogP contribution in [0, 0.1) is 15.9 Å². The Morgan fingerprint density at radius 2 is 1.74 bits per heavy atom. The van der Waals surface area contributed by atoms with Gasteiger partial charge in [-0.1, -0.05) is 0 Å². The Labute approximate surface area is 178 Å². The van der Waals surface area contributed by atoms with E-state index >= 15 is 0 Å². The van der Waals surface area contributed by atoms with E-state index < -0.39 is 34.2 Å². The number of benzene rings is 2. The number of nitro groups is 1. The van der Waals surface area contributed by atoms with Crippen LogP contribution in [0.1, 0.15) is 23.6 Å². The number of halogens is 1. The molecule has 1 amide bonds. The number of amides is 1. The number of ketones is 1. The van der Waals surface area contributed by atoms with Gasteiger partial charge >= 0.3 is 0 Å². The molecule has 1 heterocycles. The molecule has 0 bridgehead atoms. The Morgan fingerprint density at radius 3 is 2.29 bits per heavy atom. The summed E-state index contributed by atoms with van der Waals surface area (Å²) < 4.78 is 13.3. The SMILES string of the molecule is CN(C)CCCN1C(=O)C(=O)/C(=C(/O)c2ccc(F)cc2)[C@@H]1c1ccc([N+](=O)[O-])cc1. The van der Waals surface area contributed by atoms with Gasteiger partial charge in [-0.3, -0.25) is 19.7 Å². The summed E-state index contributed by atoms with van der Waals surface area (Å²) in [5.74, 6) is -2.54. The maximum Gasteiger partial charge on any atom is 0.295 e. The van der Waals surface area contributed by atoms with E-state index in [0.717, 1.165) is 12.1 Å². The highest BCUT2D eigenvalue weighted by molar-refractivity contribution is 6.46. The summed E-state index contributed by atoms with van der Waals surface area (Å²) in [6, 6.07) is 9.51. The number of nitro benzene ring substituents is 1. The molecule has 0 aromatic heterocycles. The maximum absolute atomic E-state index is 13.3. The number of aliphatic hydroxyl groups is 1. The van der Waals surface area contributed by atoms with Gasteiger partial charge in [0.1, 0.15) is 11.6 Å². The molecule has 0 aliphatic carbocycles. The number of likely N-dealkylation sites (tertiary alicyclic amines) is 1. The number of rotatable bonds is 7. The van der Waals surface area contributed by atoms with Gasteiger partial charge in [0.2, 0.25) is 0 Å². The second kappa shape index (κ2) is 9.05. The van der Waals surface area contributed by atoms with Gasteiger partial charge in [-0.2, -0.15) is 0 Å². The van der Waals surface area contributed by atoms with Gasteiger partial charge in [0.05, 0.1) is 16.5 Å². The van der Waals surface area contributed by atoms with Crippen LogP contribution in [0.15, 0.2) is 54.1 Å². The number of non-ortho nitro benzene ring substituents is 1. The second-order valence-electron chi connectivity index (χ2n) is 7.50. The molecule has 1 aliphatic heterocycles. The van der Waals surface area contributed by atoms with Crippen LogP contribution in [-0.2, 0) is 9.59 Å². The number of aliphatic hydroxyl groups excluding tert-OH is 1. The summed E-state index contributed by atoms with van der Waals surface area (Å²) in [5, 5.41) is 21.8. The smallest absolute Gasteiger partial charge is 0.295 e. The molecule has 162 valence electrons. The van der Waals surface area contributed by atoms with E-state index in [0.29, 0.717) is 18.5 Å². The molecule has 0 unspecified atom stereocenters. The molecule has 1 saturated heterocycles. The molecule has 1 atom stereocenters. The van der Waals surface area contributed by atoms with Gasteiger partial charge in [0.25, 0.3) is 17.4 Å².